The van der Waals surface area contributed by atoms with E-state index in [1.807, 2.05) is 13.1 Å². The molecule has 4 rings (SSSR count). The highest BCUT2D eigenvalue weighted by atomic mass is 16.2. The van der Waals surface area contributed by atoms with Gasteiger partial charge in [-0.05, 0) is 63.0 Å². The summed E-state index contributed by atoms with van der Waals surface area (Å²) in [7, 11) is 0. The summed E-state index contributed by atoms with van der Waals surface area (Å²) in [6.45, 7) is 10.7. The van der Waals surface area contributed by atoms with Crippen molar-refractivity contribution >= 4 is 11.6 Å². The van der Waals surface area contributed by atoms with Crippen LogP contribution in [0.25, 0.3) is 16.9 Å². The van der Waals surface area contributed by atoms with Crippen LogP contribution in [0.15, 0.2) is 18.6 Å². The molecule has 0 unspecified atom stereocenters. The van der Waals surface area contributed by atoms with Crippen LogP contribution in [0.1, 0.15) is 93.8 Å². The molecule has 0 radical (unpaired) electrons. The summed E-state index contributed by atoms with van der Waals surface area (Å²) < 4.78 is 1.77. The number of carbonyl (C=O) groups is 1. The van der Waals surface area contributed by atoms with Crippen LogP contribution in [-0.4, -0.2) is 48.8 Å². The minimum Gasteiger partial charge on any atom is -0.348 e. The van der Waals surface area contributed by atoms with E-state index in [-0.39, 0.29) is 17.9 Å². The number of aromatic amines is 1. The third-order valence-electron chi connectivity index (χ3n) is 6.96. The maximum Gasteiger partial charge on any atom is 0.272 e. The van der Waals surface area contributed by atoms with Crippen molar-refractivity contribution < 1.29 is 4.79 Å². The topological polar surface area (TPSA) is 100 Å². The first-order valence-corrected chi connectivity index (χ1v) is 12.4. The van der Waals surface area contributed by atoms with Gasteiger partial charge in [0.05, 0.1) is 5.69 Å². The molecular weight excluding hydrogens is 414 g/mol. The Balaban J connectivity index is 1.48. The fourth-order valence-corrected chi connectivity index (χ4v) is 5.05. The number of hydrogen-bond acceptors (Lipinski definition) is 5. The van der Waals surface area contributed by atoms with Gasteiger partial charge in [0.2, 0.25) is 0 Å². The fourth-order valence-electron chi connectivity index (χ4n) is 5.05. The summed E-state index contributed by atoms with van der Waals surface area (Å²) in [5.41, 5.74) is 5.11. The molecule has 8 heteroatoms. The highest BCUT2D eigenvalue weighted by Crippen LogP contribution is 2.31. The molecular formula is C25H37N7O. The van der Waals surface area contributed by atoms with Crippen LogP contribution in [-0.2, 0) is 0 Å². The van der Waals surface area contributed by atoms with E-state index in [1.54, 1.807) is 10.8 Å². The number of pyridine rings is 1. The molecule has 1 fully saturated rings. The number of nitrogens with zero attached hydrogens (tertiary/aromatic N) is 4. The number of nitrogens with one attached hydrogen (secondary N) is 3. The molecule has 0 atom stereocenters. The second-order valence-electron chi connectivity index (χ2n) is 9.66. The summed E-state index contributed by atoms with van der Waals surface area (Å²) in [6.07, 6.45) is 10.0. The van der Waals surface area contributed by atoms with Crippen LogP contribution in [0.2, 0.25) is 0 Å². The lowest BCUT2D eigenvalue weighted by molar-refractivity contribution is 0.0917. The van der Waals surface area contributed by atoms with Crippen LogP contribution >= 0.6 is 0 Å². The number of H-pyrrole nitrogens is 1. The van der Waals surface area contributed by atoms with Gasteiger partial charge in [-0.15, -0.1) is 0 Å². The monoisotopic (exact) mass is 451 g/mol. The van der Waals surface area contributed by atoms with E-state index in [4.69, 9.17) is 0 Å². The molecule has 1 amide bonds. The van der Waals surface area contributed by atoms with Crippen molar-refractivity contribution in [2.45, 2.75) is 97.2 Å². The summed E-state index contributed by atoms with van der Waals surface area (Å²) in [4.78, 5) is 17.5. The smallest absolute Gasteiger partial charge is 0.272 e. The zero-order valence-electron chi connectivity index (χ0n) is 20.5. The lowest BCUT2D eigenvalue weighted by Gasteiger charge is -2.32. The van der Waals surface area contributed by atoms with Gasteiger partial charge in [-0.2, -0.15) is 10.2 Å². The van der Waals surface area contributed by atoms with Crippen LogP contribution in [0.5, 0.6) is 0 Å². The molecule has 3 aromatic heterocycles. The molecule has 178 valence electrons. The minimum absolute atomic E-state index is 0.0869. The van der Waals surface area contributed by atoms with Gasteiger partial charge in [-0.25, -0.2) is 9.50 Å². The van der Waals surface area contributed by atoms with Gasteiger partial charge in [-0.3, -0.25) is 9.89 Å². The van der Waals surface area contributed by atoms with Crippen molar-refractivity contribution in [2.24, 2.45) is 0 Å². The third kappa shape index (κ3) is 4.95. The summed E-state index contributed by atoms with van der Waals surface area (Å²) in [5, 5.41) is 18.9. The summed E-state index contributed by atoms with van der Waals surface area (Å²) in [6, 6.07) is 3.42. The Kier molecular flexibility index (Phi) is 7.12. The van der Waals surface area contributed by atoms with Crippen molar-refractivity contribution in [3.05, 3.63) is 35.4 Å². The Hall–Kier alpha value is -2.74. The van der Waals surface area contributed by atoms with Crippen molar-refractivity contribution in [1.29, 1.82) is 0 Å². The average molecular weight is 452 g/mol. The Morgan fingerprint density at radius 3 is 2.55 bits per heavy atom. The first-order valence-electron chi connectivity index (χ1n) is 12.4. The Morgan fingerprint density at radius 1 is 1.18 bits per heavy atom. The van der Waals surface area contributed by atoms with E-state index < -0.39 is 0 Å². The molecule has 8 nitrogen and oxygen atoms in total. The van der Waals surface area contributed by atoms with Gasteiger partial charge in [0.25, 0.3) is 5.91 Å². The fraction of sp³-hybridized carbons (Fsp3) is 0.600. The molecule has 1 aliphatic rings. The van der Waals surface area contributed by atoms with Crippen LogP contribution in [0, 0.1) is 6.92 Å². The van der Waals surface area contributed by atoms with E-state index in [0.717, 1.165) is 66.6 Å². The maximum absolute atomic E-state index is 13.2. The molecule has 0 bridgehead atoms. The second kappa shape index (κ2) is 10.0. The van der Waals surface area contributed by atoms with E-state index in [1.165, 1.54) is 0 Å². The minimum atomic E-state index is -0.0869. The first kappa shape index (κ1) is 23.4. The molecule has 1 aliphatic carbocycles. The molecule has 0 spiro atoms. The molecule has 3 N–H and O–H groups in total. The zero-order chi connectivity index (χ0) is 23.5. The van der Waals surface area contributed by atoms with Crippen molar-refractivity contribution in [3.8, 4) is 11.3 Å². The van der Waals surface area contributed by atoms with Crippen molar-refractivity contribution in [2.75, 3.05) is 0 Å². The van der Waals surface area contributed by atoms with E-state index in [2.05, 4.69) is 64.7 Å². The van der Waals surface area contributed by atoms with Gasteiger partial charge in [0.15, 0.2) is 11.3 Å². The second-order valence-corrected chi connectivity index (χ2v) is 9.66. The lowest BCUT2D eigenvalue weighted by Crippen LogP contribution is -2.45. The van der Waals surface area contributed by atoms with E-state index in [9.17, 15) is 4.79 Å². The number of amides is 1. The lowest BCUT2D eigenvalue weighted by atomic mass is 9.90. The molecule has 0 aromatic carbocycles. The number of hydrogen-bond donors (Lipinski definition) is 3. The first-order chi connectivity index (χ1) is 15.9. The predicted molar refractivity (Wildman–Crippen MR) is 130 cm³/mol. The van der Waals surface area contributed by atoms with E-state index >= 15 is 0 Å². The molecule has 0 aliphatic heterocycles. The number of aryl methyl sites for hydroxylation is 1. The molecule has 33 heavy (non-hydrogen) atoms. The van der Waals surface area contributed by atoms with Crippen LogP contribution < -0.4 is 10.6 Å². The largest absolute Gasteiger partial charge is 0.348 e. The quantitative estimate of drug-likeness (QED) is 0.472. The van der Waals surface area contributed by atoms with Gasteiger partial charge >= 0.3 is 0 Å². The SMILES string of the molecule is CCC(CC)N[C@H]1CC[C@H](NC(=O)c2n[nH]c(-c3cc(C)c4ncnn4c3)c2C(C)C)CC1. The van der Waals surface area contributed by atoms with Gasteiger partial charge in [-0.1, -0.05) is 27.7 Å². The molecule has 3 aromatic rings. The van der Waals surface area contributed by atoms with Gasteiger partial charge in [0.1, 0.15) is 6.33 Å². The highest BCUT2D eigenvalue weighted by molar-refractivity contribution is 5.96. The summed E-state index contributed by atoms with van der Waals surface area (Å²) in [5.74, 6) is 0.0577. The normalized spacial score (nSPS) is 19.0. The number of carbonyl (C=O) groups excluding carboxylic acids is 1. The Labute approximate surface area is 196 Å². The molecule has 0 saturated heterocycles. The van der Waals surface area contributed by atoms with Crippen molar-refractivity contribution in [1.82, 2.24) is 35.4 Å². The average Bonchev–Trinajstić information content (AvgIpc) is 3.46. The van der Waals surface area contributed by atoms with E-state index in [0.29, 0.717) is 17.8 Å². The molecule has 3 heterocycles. The predicted octanol–water partition coefficient (Wildman–Crippen LogP) is 4.37. The van der Waals surface area contributed by atoms with Crippen LogP contribution in [0.4, 0.5) is 0 Å². The summed E-state index contributed by atoms with van der Waals surface area (Å²) >= 11 is 0. The Morgan fingerprint density at radius 2 is 1.88 bits per heavy atom. The zero-order valence-corrected chi connectivity index (χ0v) is 20.5. The number of rotatable bonds is 8. The highest BCUT2D eigenvalue weighted by Gasteiger charge is 2.27. The van der Waals surface area contributed by atoms with Gasteiger partial charge in [0, 0.05) is 35.4 Å². The van der Waals surface area contributed by atoms with Gasteiger partial charge < -0.3 is 10.6 Å². The standard InChI is InChI=1S/C25H37N7O/c1-6-18(7-2)28-19-8-10-20(11-9-19)29-25(33)23-21(15(3)4)22(30-31-23)17-12-16(5)24-26-14-27-32(24)13-17/h12-15,18-20,28H,6-11H2,1-5H3,(H,29,33)(H,30,31)/t19-,20-. The van der Waals surface area contributed by atoms with Crippen molar-refractivity contribution in [3.63, 3.8) is 0 Å². The Bertz CT molecular complexity index is 1090. The third-order valence-corrected chi connectivity index (χ3v) is 6.96. The van der Waals surface area contributed by atoms with Crippen LogP contribution in [0.3, 0.4) is 0 Å². The molecule has 1 saturated carbocycles. The number of fused-ring (bicyclic) bond motifs is 1. The number of aromatic nitrogens is 5. The maximum atomic E-state index is 13.2.